The Morgan fingerprint density at radius 3 is 2.53 bits per heavy atom. The van der Waals surface area contributed by atoms with Gasteiger partial charge in [0.05, 0.1) is 6.04 Å². The van der Waals surface area contributed by atoms with Crippen LogP contribution in [0.2, 0.25) is 0 Å². The third-order valence-electron chi connectivity index (χ3n) is 4.22. The van der Waals surface area contributed by atoms with Gasteiger partial charge in [-0.25, -0.2) is 0 Å². The Balaban J connectivity index is 2.08. The Kier molecular flexibility index (Phi) is 3.91. The molecule has 0 amide bonds. The van der Waals surface area contributed by atoms with E-state index in [1.807, 2.05) is 11.3 Å². The van der Waals surface area contributed by atoms with Crippen LogP contribution in [0.5, 0.6) is 0 Å². The van der Waals surface area contributed by atoms with E-state index in [4.69, 9.17) is 5.84 Å². The molecule has 3 N–H and O–H groups in total. The lowest BCUT2D eigenvalue weighted by Gasteiger charge is -2.37. The monoisotopic (exact) mass is 252 g/mol. The van der Waals surface area contributed by atoms with E-state index in [0.29, 0.717) is 17.4 Å². The molecule has 1 atom stereocenters. The summed E-state index contributed by atoms with van der Waals surface area (Å²) in [7, 11) is 0. The molecule has 0 aromatic carbocycles. The first-order valence-corrected chi connectivity index (χ1v) is 7.41. The van der Waals surface area contributed by atoms with Gasteiger partial charge >= 0.3 is 0 Å². The average Bonchev–Trinajstić information content (AvgIpc) is 2.69. The Morgan fingerprint density at radius 2 is 2.06 bits per heavy atom. The zero-order valence-corrected chi connectivity index (χ0v) is 11.9. The Bertz CT molecular complexity index is 360. The molecule has 0 radical (unpaired) electrons. The number of hydrogen-bond donors (Lipinski definition) is 2. The van der Waals surface area contributed by atoms with Crippen molar-refractivity contribution in [1.29, 1.82) is 0 Å². The summed E-state index contributed by atoms with van der Waals surface area (Å²) >= 11 is 1.83. The van der Waals surface area contributed by atoms with Crippen LogP contribution in [-0.4, -0.2) is 0 Å². The largest absolute Gasteiger partial charge is 0.271 e. The highest BCUT2D eigenvalue weighted by atomic mass is 32.1. The smallest absolute Gasteiger partial charge is 0.0584 e. The molecule has 1 heterocycles. The SMILES string of the molecule is Cc1ccsc1C(NN)C1CCC(C)(C)CC1. The second-order valence-corrected chi connectivity index (χ2v) is 7.06. The summed E-state index contributed by atoms with van der Waals surface area (Å²) in [6, 6.07) is 2.54. The number of nitrogens with two attached hydrogens (primary N) is 1. The van der Waals surface area contributed by atoms with E-state index in [1.54, 1.807) is 0 Å². The summed E-state index contributed by atoms with van der Waals surface area (Å²) in [5.41, 5.74) is 4.96. The molecule has 0 bridgehead atoms. The van der Waals surface area contributed by atoms with Gasteiger partial charge in [-0.15, -0.1) is 11.3 Å². The number of rotatable bonds is 3. The molecule has 1 fully saturated rings. The Hall–Kier alpha value is -0.380. The molecule has 2 rings (SSSR count). The first-order chi connectivity index (χ1) is 8.03. The van der Waals surface area contributed by atoms with Crippen LogP contribution in [0.25, 0.3) is 0 Å². The van der Waals surface area contributed by atoms with Gasteiger partial charge in [0.25, 0.3) is 0 Å². The zero-order chi connectivity index (χ0) is 12.5. The number of hydrazine groups is 1. The number of nitrogens with one attached hydrogen (secondary N) is 1. The van der Waals surface area contributed by atoms with Crippen molar-refractivity contribution in [3.8, 4) is 0 Å². The summed E-state index contributed by atoms with van der Waals surface area (Å²) in [6.07, 6.45) is 5.22. The second kappa shape index (κ2) is 5.09. The van der Waals surface area contributed by atoms with Crippen molar-refractivity contribution in [3.05, 3.63) is 21.9 Å². The third kappa shape index (κ3) is 2.90. The van der Waals surface area contributed by atoms with Gasteiger partial charge in [0.15, 0.2) is 0 Å². The van der Waals surface area contributed by atoms with Crippen LogP contribution in [0.4, 0.5) is 0 Å². The molecule has 1 aromatic rings. The van der Waals surface area contributed by atoms with Crippen LogP contribution >= 0.6 is 11.3 Å². The van der Waals surface area contributed by atoms with Crippen molar-refractivity contribution >= 4 is 11.3 Å². The lowest BCUT2D eigenvalue weighted by atomic mass is 9.71. The predicted octanol–water partition coefficient (Wildman–Crippen LogP) is 3.78. The van der Waals surface area contributed by atoms with Gasteiger partial charge in [0, 0.05) is 4.88 Å². The van der Waals surface area contributed by atoms with Crippen LogP contribution in [0.1, 0.15) is 56.0 Å². The predicted molar refractivity (Wildman–Crippen MR) is 74.9 cm³/mol. The number of hydrogen-bond acceptors (Lipinski definition) is 3. The van der Waals surface area contributed by atoms with Crippen LogP contribution < -0.4 is 11.3 Å². The van der Waals surface area contributed by atoms with Gasteiger partial charge in [-0.1, -0.05) is 13.8 Å². The highest BCUT2D eigenvalue weighted by Crippen LogP contribution is 2.43. The van der Waals surface area contributed by atoms with Gasteiger partial charge in [0.2, 0.25) is 0 Å². The minimum atomic E-state index is 0.353. The summed E-state index contributed by atoms with van der Waals surface area (Å²) in [5, 5.41) is 2.17. The van der Waals surface area contributed by atoms with Crippen molar-refractivity contribution in [2.24, 2.45) is 17.2 Å². The van der Waals surface area contributed by atoms with Crippen LogP contribution in [0.15, 0.2) is 11.4 Å². The number of thiophene rings is 1. The van der Waals surface area contributed by atoms with Crippen molar-refractivity contribution in [1.82, 2.24) is 5.43 Å². The van der Waals surface area contributed by atoms with E-state index in [9.17, 15) is 0 Å². The molecule has 17 heavy (non-hydrogen) atoms. The first kappa shape index (κ1) is 13.1. The molecular formula is C14H24N2S. The maximum absolute atomic E-state index is 5.79. The lowest BCUT2D eigenvalue weighted by molar-refractivity contribution is 0.162. The van der Waals surface area contributed by atoms with E-state index in [1.165, 1.54) is 36.1 Å². The van der Waals surface area contributed by atoms with E-state index in [2.05, 4.69) is 37.6 Å². The van der Waals surface area contributed by atoms with Gasteiger partial charge < -0.3 is 0 Å². The van der Waals surface area contributed by atoms with Gasteiger partial charge in [-0.2, -0.15) is 0 Å². The summed E-state index contributed by atoms with van der Waals surface area (Å²) in [5.74, 6) is 6.49. The molecule has 1 aromatic heterocycles. The standard InChI is InChI=1S/C14H24N2S/c1-10-6-9-17-13(10)12(16-15)11-4-7-14(2,3)8-5-11/h6,9,11-12,16H,4-5,7-8,15H2,1-3H3. The third-order valence-corrected chi connectivity index (χ3v) is 5.32. The molecule has 0 spiro atoms. The molecule has 1 aliphatic rings. The minimum absolute atomic E-state index is 0.353. The molecule has 1 unspecified atom stereocenters. The topological polar surface area (TPSA) is 38.0 Å². The van der Waals surface area contributed by atoms with E-state index < -0.39 is 0 Å². The van der Waals surface area contributed by atoms with E-state index in [-0.39, 0.29) is 0 Å². The molecule has 2 nitrogen and oxygen atoms in total. The Morgan fingerprint density at radius 1 is 1.41 bits per heavy atom. The maximum atomic E-state index is 5.79. The summed E-state index contributed by atoms with van der Waals surface area (Å²) < 4.78 is 0. The van der Waals surface area contributed by atoms with Crippen LogP contribution in [0.3, 0.4) is 0 Å². The molecular weight excluding hydrogens is 228 g/mol. The van der Waals surface area contributed by atoms with E-state index in [0.717, 1.165) is 0 Å². The van der Waals surface area contributed by atoms with E-state index >= 15 is 0 Å². The Labute approximate surface area is 109 Å². The summed E-state index contributed by atoms with van der Waals surface area (Å²) in [6.45, 7) is 6.94. The summed E-state index contributed by atoms with van der Waals surface area (Å²) in [4.78, 5) is 1.43. The van der Waals surface area contributed by atoms with Crippen LogP contribution in [0, 0.1) is 18.3 Å². The fourth-order valence-electron chi connectivity index (χ4n) is 2.88. The highest BCUT2D eigenvalue weighted by Gasteiger charge is 2.32. The van der Waals surface area contributed by atoms with Crippen LogP contribution in [-0.2, 0) is 0 Å². The average molecular weight is 252 g/mol. The normalized spacial score (nSPS) is 22.6. The highest BCUT2D eigenvalue weighted by molar-refractivity contribution is 7.10. The quantitative estimate of drug-likeness (QED) is 0.634. The first-order valence-electron chi connectivity index (χ1n) is 6.53. The van der Waals surface area contributed by atoms with Gasteiger partial charge in [-0.3, -0.25) is 11.3 Å². The fourth-order valence-corrected chi connectivity index (χ4v) is 3.96. The molecule has 1 saturated carbocycles. The van der Waals surface area contributed by atoms with Gasteiger partial charge in [-0.05, 0) is 60.9 Å². The second-order valence-electron chi connectivity index (χ2n) is 6.11. The molecule has 3 heteroatoms. The van der Waals surface area contributed by atoms with Crippen molar-refractivity contribution in [2.75, 3.05) is 0 Å². The molecule has 0 aliphatic heterocycles. The lowest BCUT2D eigenvalue weighted by Crippen LogP contribution is -2.36. The molecule has 1 aliphatic carbocycles. The minimum Gasteiger partial charge on any atom is -0.271 e. The zero-order valence-electron chi connectivity index (χ0n) is 11.1. The van der Waals surface area contributed by atoms with Crippen molar-refractivity contribution < 1.29 is 0 Å². The number of aryl methyl sites for hydroxylation is 1. The maximum Gasteiger partial charge on any atom is 0.0584 e. The fraction of sp³-hybridized carbons (Fsp3) is 0.714. The van der Waals surface area contributed by atoms with Gasteiger partial charge in [0.1, 0.15) is 0 Å². The molecule has 96 valence electrons. The van der Waals surface area contributed by atoms with Crippen molar-refractivity contribution in [2.45, 2.75) is 52.5 Å². The van der Waals surface area contributed by atoms with Crippen molar-refractivity contribution in [3.63, 3.8) is 0 Å². The molecule has 0 saturated heterocycles.